The monoisotopic (exact) mass is 223 g/mol. The highest BCUT2D eigenvalue weighted by Gasteiger charge is 2.10. The van der Waals surface area contributed by atoms with Gasteiger partial charge in [0, 0.05) is 17.8 Å². The van der Waals surface area contributed by atoms with Crippen molar-refractivity contribution in [3.8, 4) is 0 Å². The number of aryl methyl sites for hydroxylation is 1. The molecule has 0 aliphatic heterocycles. The summed E-state index contributed by atoms with van der Waals surface area (Å²) in [6.45, 7) is 7.05. The highest BCUT2D eigenvalue weighted by molar-refractivity contribution is 5.33. The van der Waals surface area contributed by atoms with Gasteiger partial charge in [-0.15, -0.1) is 0 Å². The zero-order valence-electron chi connectivity index (χ0n) is 10.5. The van der Waals surface area contributed by atoms with Crippen LogP contribution < -0.4 is 11.3 Å². The Kier molecular flexibility index (Phi) is 4.64. The molecular weight excluding hydrogens is 202 g/mol. The molecule has 1 aromatic heterocycles. The quantitative estimate of drug-likeness (QED) is 0.582. The average molecular weight is 223 g/mol. The lowest BCUT2D eigenvalue weighted by Crippen LogP contribution is -2.29. The molecule has 0 aromatic carbocycles. The second-order valence-electron chi connectivity index (χ2n) is 4.13. The summed E-state index contributed by atoms with van der Waals surface area (Å²) < 4.78 is 0. The maximum Gasteiger partial charge on any atom is 0.145 e. The van der Waals surface area contributed by atoms with Crippen LogP contribution in [-0.4, -0.2) is 28.0 Å². The predicted molar refractivity (Wildman–Crippen MR) is 65.8 cm³/mol. The first-order valence-electron chi connectivity index (χ1n) is 5.58. The lowest BCUT2D eigenvalue weighted by molar-refractivity contribution is 0.238. The summed E-state index contributed by atoms with van der Waals surface area (Å²) in [5.41, 5.74) is 3.48. The molecule has 1 unspecified atom stereocenters. The molecule has 0 fully saturated rings. The van der Waals surface area contributed by atoms with Crippen molar-refractivity contribution in [2.75, 3.05) is 12.5 Å². The van der Waals surface area contributed by atoms with E-state index >= 15 is 0 Å². The first-order valence-corrected chi connectivity index (χ1v) is 5.58. The Morgan fingerprint density at radius 1 is 1.50 bits per heavy atom. The van der Waals surface area contributed by atoms with Gasteiger partial charge in [-0.1, -0.05) is 6.92 Å². The number of hydrazine groups is 1. The summed E-state index contributed by atoms with van der Waals surface area (Å²) in [5, 5.41) is 0. The number of rotatable bonds is 5. The molecular formula is C11H21N5. The topological polar surface area (TPSA) is 67.1 Å². The van der Waals surface area contributed by atoms with Gasteiger partial charge in [-0.2, -0.15) is 0 Å². The van der Waals surface area contributed by atoms with Crippen molar-refractivity contribution >= 4 is 5.82 Å². The first kappa shape index (κ1) is 12.9. The largest absolute Gasteiger partial charge is 0.308 e. The van der Waals surface area contributed by atoms with E-state index in [0.29, 0.717) is 11.9 Å². The number of nitrogen functional groups attached to an aromatic ring is 1. The molecule has 1 rings (SSSR count). The van der Waals surface area contributed by atoms with Gasteiger partial charge in [0.1, 0.15) is 11.6 Å². The van der Waals surface area contributed by atoms with Crippen LogP contribution >= 0.6 is 0 Å². The van der Waals surface area contributed by atoms with Crippen LogP contribution in [0.3, 0.4) is 0 Å². The van der Waals surface area contributed by atoms with Gasteiger partial charge in [-0.05, 0) is 27.3 Å². The van der Waals surface area contributed by atoms with E-state index in [2.05, 4.69) is 41.2 Å². The maximum atomic E-state index is 5.35. The molecule has 1 aromatic rings. The molecule has 1 heterocycles. The van der Waals surface area contributed by atoms with Crippen LogP contribution in [0.4, 0.5) is 5.82 Å². The number of anilines is 1. The average Bonchev–Trinajstić information content (AvgIpc) is 2.26. The number of hydrogen-bond donors (Lipinski definition) is 2. The van der Waals surface area contributed by atoms with E-state index < -0.39 is 0 Å². The van der Waals surface area contributed by atoms with Crippen LogP contribution in [0.25, 0.3) is 0 Å². The minimum Gasteiger partial charge on any atom is -0.308 e. The third-order valence-corrected chi connectivity index (χ3v) is 2.78. The van der Waals surface area contributed by atoms with Crippen LogP contribution in [0.15, 0.2) is 6.07 Å². The zero-order chi connectivity index (χ0) is 12.1. The molecule has 0 spiro atoms. The van der Waals surface area contributed by atoms with Crippen molar-refractivity contribution in [3.05, 3.63) is 17.6 Å². The summed E-state index contributed by atoms with van der Waals surface area (Å²) in [7, 11) is 2.08. The molecule has 5 heteroatoms. The normalized spacial score (nSPS) is 12.9. The minimum atomic E-state index is 0.526. The van der Waals surface area contributed by atoms with Crippen molar-refractivity contribution in [3.63, 3.8) is 0 Å². The molecule has 0 aliphatic rings. The van der Waals surface area contributed by atoms with Gasteiger partial charge in [0.05, 0.1) is 6.54 Å². The Morgan fingerprint density at radius 2 is 2.19 bits per heavy atom. The highest BCUT2D eigenvalue weighted by atomic mass is 15.3. The predicted octanol–water partition coefficient (Wildman–Crippen LogP) is 1.30. The lowest BCUT2D eigenvalue weighted by atomic mass is 10.2. The Bertz CT molecular complexity index is 339. The number of nitrogens with two attached hydrogens (primary N) is 1. The molecule has 0 radical (unpaired) electrons. The van der Waals surface area contributed by atoms with Crippen molar-refractivity contribution in [1.82, 2.24) is 14.9 Å². The van der Waals surface area contributed by atoms with Gasteiger partial charge >= 0.3 is 0 Å². The lowest BCUT2D eigenvalue weighted by Gasteiger charge is -2.22. The van der Waals surface area contributed by atoms with Crippen LogP contribution in [-0.2, 0) is 6.54 Å². The standard InChI is InChI=1S/C11H21N5/c1-5-9(3)16(4)7-11-13-8(2)6-10(14-11)15-12/h6,9H,5,7,12H2,1-4H3,(H,13,14,15). The number of hydrogen-bond acceptors (Lipinski definition) is 5. The van der Waals surface area contributed by atoms with Crippen LogP contribution in [0, 0.1) is 6.92 Å². The molecule has 16 heavy (non-hydrogen) atoms. The molecule has 0 saturated heterocycles. The molecule has 3 N–H and O–H groups in total. The van der Waals surface area contributed by atoms with Crippen molar-refractivity contribution in [2.24, 2.45) is 5.84 Å². The Hall–Kier alpha value is -1.20. The second-order valence-corrected chi connectivity index (χ2v) is 4.13. The van der Waals surface area contributed by atoms with Gasteiger partial charge in [-0.25, -0.2) is 15.8 Å². The van der Waals surface area contributed by atoms with Crippen LogP contribution in [0.2, 0.25) is 0 Å². The first-order chi connectivity index (χ1) is 7.56. The minimum absolute atomic E-state index is 0.526. The number of nitrogens with zero attached hydrogens (tertiary/aromatic N) is 3. The fourth-order valence-electron chi connectivity index (χ4n) is 1.47. The fourth-order valence-corrected chi connectivity index (χ4v) is 1.47. The SMILES string of the molecule is CCC(C)N(C)Cc1nc(C)cc(NN)n1. The van der Waals surface area contributed by atoms with E-state index in [1.165, 1.54) is 0 Å². The Morgan fingerprint density at radius 3 is 2.75 bits per heavy atom. The molecule has 5 nitrogen and oxygen atoms in total. The third kappa shape index (κ3) is 3.43. The van der Waals surface area contributed by atoms with Gasteiger partial charge in [0.25, 0.3) is 0 Å². The summed E-state index contributed by atoms with van der Waals surface area (Å²) in [6.07, 6.45) is 1.12. The molecule has 90 valence electrons. The van der Waals surface area contributed by atoms with E-state index in [0.717, 1.165) is 24.5 Å². The molecule has 0 aliphatic carbocycles. The van der Waals surface area contributed by atoms with Gasteiger partial charge in [0.2, 0.25) is 0 Å². The summed E-state index contributed by atoms with van der Waals surface area (Å²) >= 11 is 0. The van der Waals surface area contributed by atoms with Gasteiger partial charge in [-0.3, -0.25) is 4.90 Å². The molecule has 0 saturated carbocycles. The summed E-state index contributed by atoms with van der Waals surface area (Å²) in [4.78, 5) is 10.9. The number of aromatic nitrogens is 2. The van der Waals surface area contributed by atoms with Gasteiger partial charge in [0.15, 0.2) is 0 Å². The summed E-state index contributed by atoms with van der Waals surface area (Å²) in [5.74, 6) is 6.82. The smallest absolute Gasteiger partial charge is 0.145 e. The van der Waals surface area contributed by atoms with E-state index in [9.17, 15) is 0 Å². The zero-order valence-corrected chi connectivity index (χ0v) is 10.5. The number of nitrogens with one attached hydrogen (secondary N) is 1. The van der Waals surface area contributed by atoms with E-state index in [1.54, 1.807) is 0 Å². The molecule has 0 bridgehead atoms. The third-order valence-electron chi connectivity index (χ3n) is 2.78. The van der Waals surface area contributed by atoms with E-state index in [-0.39, 0.29) is 0 Å². The van der Waals surface area contributed by atoms with Crippen LogP contribution in [0.1, 0.15) is 31.8 Å². The van der Waals surface area contributed by atoms with Crippen molar-refractivity contribution < 1.29 is 0 Å². The van der Waals surface area contributed by atoms with E-state index in [4.69, 9.17) is 5.84 Å². The highest BCUT2D eigenvalue weighted by Crippen LogP contribution is 2.08. The maximum absolute atomic E-state index is 5.35. The van der Waals surface area contributed by atoms with Crippen molar-refractivity contribution in [1.29, 1.82) is 0 Å². The summed E-state index contributed by atoms with van der Waals surface area (Å²) in [6, 6.07) is 2.35. The van der Waals surface area contributed by atoms with Crippen LogP contribution in [0.5, 0.6) is 0 Å². The molecule has 0 amide bonds. The Balaban J connectivity index is 2.76. The fraction of sp³-hybridized carbons (Fsp3) is 0.636. The van der Waals surface area contributed by atoms with Gasteiger partial charge < -0.3 is 5.43 Å². The second kappa shape index (κ2) is 5.77. The molecule has 1 atom stereocenters. The van der Waals surface area contributed by atoms with E-state index in [1.807, 2.05) is 13.0 Å². The van der Waals surface area contributed by atoms with Crippen molar-refractivity contribution in [2.45, 2.75) is 39.8 Å². The Labute approximate surface area is 97.0 Å².